The van der Waals surface area contributed by atoms with Crippen LogP contribution in [0.1, 0.15) is 6.92 Å². The Morgan fingerprint density at radius 1 is 1.56 bits per heavy atom. The standard InChI is InChI=1S/C11H13ClFNO2/c1-3-16-10-5-4-8(6-9(10)13)14(2)11(15)7-12/h4-6H,3,7H2,1-2H3. The molecule has 0 unspecified atom stereocenters. The molecule has 0 aliphatic carbocycles. The Labute approximate surface area is 98.8 Å². The number of anilines is 1. The molecule has 0 atom stereocenters. The first-order chi connectivity index (χ1) is 7.60. The summed E-state index contributed by atoms with van der Waals surface area (Å²) in [6, 6.07) is 4.35. The molecule has 3 nitrogen and oxygen atoms in total. The van der Waals surface area contributed by atoms with E-state index in [2.05, 4.69) is 0 Å². The predicted octanol–water partition coefficient (Wildman–Crippen LogP) is 2.43. The van der Waals surface area contributed by atoms with Crippen molar-refractivity contribution in [3.63, 3.8) is 0 Å². The van der Waals surface area contributed by atoms with Crippen molar-refractivity contribution in [3.05, 3.63) is 24.0 Å². The lowest BCUT2D eigenvalue weighted by atomic mass is 10.2. The fraction of sp³-hybridized carbons (Fsp3) is 0.364. The summed E-state index contributed by atoms with van der Waals surface area (Å²) < 4.78 is 18.5. The summed E-state index contributed by atoms with van der Waals surface area (Å²) in [5.41, 5.74) is 0.451. The van der Waals surface area contributed by atoms with Gasteiger partial charge in [0.2, 0.25) is 5.91 Å². The molecule has 1 aromatic carbocycles. The third-order valence-corrected chi connectivity index (χ3v) is 2.32. The van der Waals surface area contributed by atoms with Gasteiger partial charge in [0.15, 0.2) is 11.6 Å². The number of amides is 1. The number of carbonyl (C=O) groups excluding carboxylic acids is 1. The van der Waals surface area contributed by atoms with E-state index in [9.17, 15) is 9.18 Å². The second-order valence-corrected chi connectivity index (χ2v) is 3.40. The second-order valence-electron chi connectivity index (χ2n) is 3.13. The van der Waals surface area contributed by atoms with Crippen molar-refractivity contribution in [2.75, 3.05) is 24.4 Å². The Kier molecular flexibility index (Phi) is 4.55. The largest absolute Gasteiger partial charge is 0.491 e. The smallest absolute Gasteiger partial charge is 0.241 e. The van der Waals surface area contributed by atoms with Gasteiger partial charge in [-0.05, 0) is 19.1 Å². The van der Waals surface area contributed by atoms with Crippen molar-refractivity contribution in [1.82, 2.24) is 0 Å². The number of ether oxygens (including phenoxy) is 1. The van der Waals surface area contributed by atoms with Gasteiger partial charge in [0.05, 0.1) is 6.61 Å². The van der Waals surface area contributed by atoms with E-state index in [1.165, 1.54) is 17.0 Å². The molecule has 1 amide bonds. The molecule has 0 fully saturated rings. The quantitative estimate of drug-likeness (QED) is 0.763. The lowest BCUT2D eigenvalue weighted by molar-refractivity contribution is -0.116. The highest BCUT2D eigenvalue weighted by molar-refractivity contribution is 6.29. The third-order valence-electron chi connectivity index (χ3n) is 2.09. The normalized spacial score (nSPS) is 10.0. The molecule has 0 spiro atoms. The Balaban J connectivity index is 2.92. The molecule has 1 aromatic rings. The molecule has 5 heteroatoms. The molecule has 0 aliphatic heterocycles. The van der Waals surface area contributed by atoms with Gasteiger partial charge in [-0.25, -0.2) is 4.39 Å². The van der Waals surface area contributed by atoms with Crippen molar-refractivity contribution in [3.8, 4) is 5.75 Å². The number of hydrogen-bond acceptors (Lipinski definition) is 2. The van der Waals surface area contributed by atoms with Crippen LogP contribution >= 0.6 is 11.6 Å². The fourth-order valence-electron chi connectivity index (χ4n) is 1.20. The van der Waals surface area contributed by atoms with Gasteiger partial charge < -0.3 is 9.64 Å². The van der Waals surface area contributed by atoms with Gasteiger partial charge in [-0.2, -0.15) is 0 Å². The zero-order valence-corrected chi connectivity index (χ0v) is 9.92. The van der Waals surface area contributed by atoms with Crippen LogP contribution in [0.3, 0.4) is 0 Å². The summed E-state index contributed by atoms with van der Waals surface area (Å²) in [6.07, 6.45) is 0. The molecule has 0 radical (unpaired) electrons. The average Bonchev–Trinajstić information content (AvgIpc) is 2.30. The number of rotatable bonds is 4. The van der Waals surface area contributed by atoms with Crippen molar-refractivity contribution in [1.29, 1.82) is 0 Å². The summed E-state index contributed by atoms with van der Waals surface area (Å²) >= 11 is 5.41. The summed E-state index contributed by atoms with van der Waals surface area (Å²) in [5.74, 6) is -0.734. The average molecular weight is 246 g/mol. The van der Waals surface area contributed by atoms with E-state index >= 15 is 0 Å². The highest BCUT2D eigenvalue weighted by Crippen LogP contribution is 2.23. The van der Waals surface area contributed by atoms with Crippen LogP contribution in [0.5, 0.6) is 5.75 Å². The van der Waals surface area contributed by atoms with E-state index in [1.807, 2.05) is 0 Å². The lowest BCUT2D eigenvalue weighted by Crippen LogP contribution is -2.27. The van der Waals surface area contributed by atoms with E-state index in [0.29, 0.717) is 12.3 Å². The first-order valence-electron chi connectivity index (χ1n) is 4.85. The fourth-order valence-corrected chi connectivity index (χ4v) is 1.38. The topological polar surface area (TPSA) is 29.5 Å². The summed E-state index contributed by atoms with van der Waals surface area (Å²) in [5, 5.41) is 0. The summed E-state index contributed by atoms with van der Waals surface area (Å²) in [6.45, 7) is 2.17. The van der Waals surface area contributed by atoms with Crippen LogP contribution in [0, 0.1) is 5.82 Å². The SMILES string of the molecule is CCOc1ccc(N(C)C(=O)CCl)cc1F. The van der Waals surface area contributed by atoms with Crippen molar-refractivity contribution >= 4 is 23.2 Å². The Bertz CT molecular complexity index is 384. The van der Waals surface area contributed by atoms with Gasteiger partial charge in [0.1, 0.15) is 5.88 Å². The molecule has 0 bridgehead atoms. The van der Waals surface area contributed by atoms with Crippen LogP contribution in [0.4, 0.5) is 10.1 Å². The van der Waals surface area contributed by atoms with Crippen molar-refractivity contribution in [2.24, 2.45) is 0 Å². The number of halogens is 2. The Morgan fingerprint density at radius 2 is 2.25 bits per heavy atom. The van der Waals surface area contributed by atoms with Crippen LogP contribution < -0.4 is 9.64 Å². The van der Waals surface area contributed by atoms with Gasteiger partial charge >= 0.3 is 0 Å². The number of carbonyl (C=O) groups is 1. The third kappa shape index (κ3) is 2.85. The Hall–Kier alpha value is -1.29. The molecular formula is C11H13ClFNO2. The maximum Gasteiger partial charge on any atom is 0.241 e. The van der Waals surface area contributed by atoms with Gasteiger partial charge in [-0.3, -0.25) is 4.79 Å². The van der Waals surface area contributed by atoms with Crippen molar-refractivity contribution in [2.45, 2.75) is 6.92 Å². The van der Waals surface area contributed by atoms with Crippen LogP contribution in [-0.2, 0) is 4.79 Å². The lowest BCUT2D eigenvalue weighted by Gasteiger charge is -2.16. The van der Waals surface area contributed by atoms with E-state index in [4.69, 9.17) is 16.3 Å². The highest BCUT2D eigenvalue weighted by Gasteiger charge is 2.12. The molecule has 0 heterocycles. The van der Waals surface area contributed by atoms with E-state index in [1.54, 1.807) is 20.0 Å². The number of alkyl halides is 1. The monoisotopic (exact) mass is 245 g/mol. The van der Waals surface area contributed by atoms with Gasteiger partial charge in [-0.1, -0.05) is 0 Å². The first kappa shape index (κ1) is 12.8. The molecule has 0 aliphatic rings. The van der Waals surface area contributed by atoms with Gasteiger partial charge in [-0.15, -0.1) is 11.6 Å². The zero-order chi connectivity index (χ0) is 12.1. The van der Waals surface area contributed by atoms with E-state index in [-0.39, 0.29) is 17.5 Å². The molecule has 0 saturated heterocycles. The van der Waals surface area contributed by atoms with Crippen LogP contribution in [-0.4, -0.2) is 25.4 Å². The highest BCUT2D eigenvalue weighted by atomic mass is 35.5. The van der Waals surface area contributed by atoms with Gasteiger partial charge in [0, 0.05) is 18.8 Å². The van der Waals surface area contributed by atoms with Gasteiger partial charge in [0.25, 0.3) is 0 Å². The maximum absolute atomic E-state index is 13.5. The van der Waals surface area contributed by atoms with E-state index < -0.39 is 5.82 Å². The summed E-state index contributed by atoms with van der Waals surface area (Å²) in [4.78, 5) is 12.6. The van der Waals surface area contributed by atoms with Crippen LogP contribution in [0.15, 0.2) is 18.2 Å². The number of nitrogens with zero attached hydrogens (tertiary/aromatic N) is 1. The molecule has 0 saturated carbocycles. The summed E-state index contributed by atoms with van der Waals surface area (Å²) in [7, 11) is 1.54. The predicted molar refractivity (Wildman–Crippen MR) is 61.7 cm³/mol. The second kappa shape index (κ2) is 5.70. The number of hydrogen-bond donors (Lipinski definition) is 0. The van der Waals surface area contributed by atoms with E-state index in [0.717, 1.165) is 0 Å². The minimum atomic E-state index is -0.492. The van der Waals surface area contributed by atoms with Crippen LogP contribution in [0.25, 0.3) is 0 Å². The molecule has 88 valence electrons. The Morgan fingerprint density at radius 3 is 2.75 bits per heavy atom. The minimum Gasteiger partial charge on any atom is -0.491 e. The van der Waals surface area contributed by atoms with Crippen LogP contribution in [0.2, 0.25) is 0 Å². The molecule has 0 aromatic heterocycles. The minimum absolute atomic E-state index is 0.134. The van der Waals surface area contributed by atoms with Crippen molar-refractivity contribution < 1.29 is 13.9 Å². The molecule has 16 heavy (non-hydrogen) atoms. The molecule has 0 N–H and O–H groups in total. The first-order valence-corrected chi connectivity index (χ1v) is 5.38. The zero-order valence-electron chi connectivity index (χ0n) is 9.17. The number of benzene rings is 1. The molecule has 1 rings (SSSR count). The molecular weight excluding hydrogens is 233 g/mol. The maximum atomic E-state index is 13.5.